The molecule has 0 aliphatic carbocycles. The van der Waals surface area contributed by atoms with E-state index in [9.17, 15) is 0 Å². The first-order valence-electron chi connectivity index (χ1n) is 5.40. The van der Waals surface area contributed by atoms with Gasteiger partial charge in [-0.1, -0.05) is 24.3 Å². The van der Waals surface area contributed by atoms with Gasteiger partial charge in [0, 0.05) is 10.9 Å². The van der Waals surface area contributed by atoms with Gasteiger partial charge in [-0.3, -0.25) is 0 Å². The number of rotatable bonds is 3. The third kappa shape index (κ3) is 2.40. The molecule has 0 unspecified atom stereocenters. The minimum atomic E-state index is -0.0657. The zero-order chi connectivity index (χ0) is 13.0. The van der Waals surface area contributed by atoms with Crippen LogP contribution in [0.4, 0.5) is 0 Å². The molecule has 5 nitrogen and oxygen atoms in total. The average Bonchev–Trinajstić information content (AvgIpc) is 2.38. The second kappa shape index (κ2) is 5.18. The summed E-state index contributed by atoms with van der Waals surface area (Å²) in [6.07, 6.45) is 1.61. The van der Waals surface area contributed by atoms with E-state index in [-0.39, 0.29) is 5.96 Å². The molecule has 0 saturated carbocycles. The molecule has 0 bridgehead atoms. The minimum Gasteiger partial charge on any atom is -0.496 e. The van der Waals surface area contributed by atoms with Crippen molar-refractivity contribution in [1.29, 1.82) is 0 Å². The fourth-order valence-electron chi connectivity index (χ4n) is 1.74. The molecule has 0 aliphatic rings. The van der Waals surface area contributed by atoms with Gasteiger partial charge in [-0.2, -0.15) is 5.10 Å². The van der Waals surface area contributed by atoms with E-state index in [1.54, 1.807) is 13.3 Å². The molecular weight excluding hydrogens is 228 g/mol. The van der Waals surface area contributed by atoms with Crippen molar-refractivity contribution in [2.45, 2.75) is 0 Å². The SMILES string of the molecule is COc1ccc(/C=N/N=C(N)N)c2ccccc12. The van der Waals surface area contributed by atoms with Crippen molar-refractivity contribution in [2.24, 2.45) is 21.7 Å². The molecule has 0 aliphatic heterocycles. The summed E-state index contributed by atoms with van der Waals surface area (Å²) < 4.78 is 5.31. The lowest BCUT2D eigenvalue weighted by molar-refractivity contribution is 0.420. The zero-order valence-electron chi connectivity index (χ0n) is 10.00. The number of nitrogens with two attached hydrogens (primary N) is 2. The van der Waals surface area contributed by atoms with Crippen LogP contribution in [0.3, 0.4) is 0 Å². The number of nitrogens with zero attached hydrogens (tertiary/aromatic N) is 2. The van der Waals surface area contributed by atoms with Crippen molar-refractivity contribution in [3.05, 3.63) is 42.0 Å². The first-order valence-corrected chi connectivity index (χ1v) is 5.40. The van der Waals surface area contributed by atoms with Crippen LogP contribution in [-0.2, 0) is 0 Å². The van der Waals surface area contributed by atoms with Crippen molar-refractivity contribution in [1.82, 2.24) is 0 Å². The maximum atomic E-state index is 5.31. The topological polar surface area (TPSA) is 86.0 Å². The number of ether oxygens (including phenoxy) is 1. The molecule has 0 heterocycles. The molecule has 0 radical (unpaired) electrons. The smallest absolute Gasteiger partial charge is 0.211 e. The summed E-state index contributed by atoms with van der Waals surface area (Å²) in [5.41, 5.74) is 11.3. The van der Waals surface area contributed by atoms with E-state index in [2.05, 4.69) is 10.2 Å². The van der Waals surface area contributed by atoms with Crippen LogP contribution in [0.15, 0.2) is 46.6 Å². The highest BCUT2D eigenvalue weighted by Crippen LogP contribution is 2.27. The predicted octanol–water partition coefficient (Wildman–Crippen LogP) is 1.46. The molecule has 2 aromatic rings. The summed E-state index contributed by atoms with van der Waals surface area (Å²) in [5.74, 6) is 0.758. The van der Waals surface area contributed by atoms with E-state index in [1.165, 1.54) is 0 Å². The maximum Gasteiger partial charge on any atom is 0.211 e. The Balaban J connectivity index is 2.53. The van der Waals surface area contributed by atoms with Gasteiger partial charge in [0.1, 0.15) is 5.75 Å². The first kappa shape index (κ1) is 11.9. The van der Waals surface area contributed by atoms with Crippen LogP contribution < -0.4 is 16.2 Å². The Hall–Kier alpha value is -2.56. The molecule has 92 valence electrons. The van der Waals surface area contributed by atoms with Crippen molar-refractivity contribution in [3.8, 4) is 5.75 Å². The quantitative estimate of drug-likeness (QED) is 0.485. The monoisotopic (exact) mass is 242 g/mol. The van der Waals surface area contributed by atoms with Crippen LogP contribution in [0.25, 0.3) is 10.8 Å². The maximum absolute atomic E-state index is 5.31. The Labute approximate surface area is 105 Å². The number of methoxy groups -OCH3 is 1. The van der Waals surface area contributed by atoms with E-state index in [4.69, 9.17) is 16.2 Å². The molecule has 0 spiro atoms. The largest absolute Gasteiger partial charge is 0.496 e. The van der Waals surface area contributed by atoms with Gasteiger partial charge in [-0.15, -0.1) is 5.10 Å². The highest BCUT2D eigenvalue weighted by atomic mass is 16.5. The van der Waals surface area contributed by atoms with Gasteiger partial charge in [0.25, 0.3) is 0 Å². The van der Waals surface area contributed by atoms with Gasteiger partial charge in [-0.25, -0.2) is 0 Å². The molecule has 0 saturated heterocycles. The Bertz CT molecular complexity index is 615. The third-order valence-corrected chi connectivity index (χ3v) is 2.51. The van der Waals surface area contributed by atoms with E-state index in [0.29, 0.717) is 0 Å². The van der Waals surface area contributed by atoms with Crippen LogP contribution in [0.2, 0.25) is 0 Å². The van der Waals surface area contributed by atoms with Crippen molar-refractivity contribution >= 4 is 22.9 Å². The summed E-state index contributed by atoms with van der Waals surface area (Å²) in [4.78, 5) is 0. The van der Waals surface area contributed by atoms with Gasteiger partial charge in [0.05, 0.1) is 13.3 Å². The zero-order valence-corrected chi connectivity index (χ0v) is 10.00. The Kier molecular flexibility index (Phi) is 3.43. The molecule has 18 heavy (non-hydrogen) atoms. The number of benzene rings is 2. The summed E-state index contributed by atoms with van der Waals surface area (Å²) in [5, 5.41) is 9.45. The van der Waals surface area contributed by atoms with Gasteiger partial charge in [-0.05, 0) is 17.5 Å². The lowest BCUT2D eigenvalue weighted by Gasteiger charge is -2.07. The van der Waals surface area contributed by atoms with E-state index in [0.717, 1.165) is 22.1 Å². The van der Waals surface area contributed by atoms with Gasteiger partial charge in [0.15, 0.2) is 0 Å². The lowest BCUT2D eigenvalue weighted by atomic mass is 10.0. The molecule has 2 aromatic carbocycles. The molecule has 0 atom stereocenters. The van der Waals surface area contributed by atoms with Gasteiger partial charge >= 0.3 is 0 Å². The van der Waals surface area contributed by atoms with Crippen LogP contribution in [-0.4, -0.2) is 19.3 Å². The Morgan fingerprint density at radius 1 is 1.11 bits per heavy atom. The van der Waals surface area contributed by atoms with Crippen molar-refractivity contribution < 1.29 is 4.74 Å². The standard InChI is InChI=1S/C13H14N4O/c1-18-12-7-6-9(8-16-17-13(14)15)10-4-2-3-5-11(10)12/h2-8H,1H3,(H4,14,15,17)/b16-8+. The van der Waals surface area contributed by atoms with Crippen molar-refractivity contribution in [3.63, 3.8) is 0 Å². The molecule has 2 rings (SSSR count). The molecular formula is C13H14N4O. The van der Waals surface area contributed by atoms with Crippen LogP contribution in [0.1, 0.15) is 5.56 Å². The minimum absolute atomic E-state index is 0.0657. The normalized spacial score (nSPS) is 10.7. The second-order valence-corrected chi connectivity index (χ2v) is 3.67. The number of guanidine groups is 1. The average molecular weight is 242 g/mol. The molecule has 0 amide bonds. The molecule has 5 heteroatoms. The molecule has 0 aromatic heterocycles. The van der Waals surface area contributed by atoms with Gasteiger partial charge < -0.3 is 16.2 Å². The van der Waals surface area contributed by atoms with Crippen LogP contribution in [0, 0.1) is 0 Å². The fourth-order valence-corrected chi connectivity index (χ4v) is 1.74. The summed E-state index contributed by atoms with van der Waals surface area (Å²) in [7, 11) is 1.65. The number of hydrogen-bond donors (Lipinski definition) is 2. The highest BCUT2D eigenvalue weighted by molar-refractivity contribution is 6.02. The van der Waals surface area contributed by atoms with E-state index < -0.39 is 0 Å². The highest BCUT2D eigenvalue weighted by Gasteiger charge is 2.03. The Morgan fingerprint density at radius 2 is 1.83 bits per heavy atom. The molecule has 0 fully saturated rings. The number of hydrogen-bond acceptors (Lipinski definition) is 3. The molecule has 4 N–H and O–H groups in total. The number of fused-ring (bicyclic) bond motifs is 1. The second-order valence-electron chi connectivity index (χ2n) is 3.67. The van der Waals surface area contributed by atoms with E-state index >= 15 is 0 Å². The summed E-state index contributed by atoms with van der Waals surface area (Å²) in [6.45, 7) is 0. The predicted molar refractivity (Wildman–Crippen MR) is 73.9 cm³/mol. The summed E-state index contributed by atoms with van der Waals surface area (Å²) >= 11 is 0. The third-order valence-electron chi connectivity index (χ3n) is 2.51. The van der Waals surface area contributed by atoms with E-state index in [1.807, 2.05) is 36.4 Å². The van der Waals surface area contributed by atoms with Crippen molar-refractivity contribution in [2.75, 3.05) is 7.11 Å². The first-order chi connectivity index (χ1) is 8.72. The van der Waals surface area contributed by atoms with Crippen LogP contribution in [0.5, 0.6) is 5.75 Å². The summed E-state index contributed by atoms with van der Waals surface area (Å²) in [6, 6.07) is 11.7. The van der Waals surface area contributed by atoms with Gasteiger partial charge in [0.2, 0.25) is 5.96 Å². The Morgan fingerprint density at radius 3 is 2.50 bits per heavy atom. The van der Waals surface area contributed by atoms with Crippen LogP contribution >= 0.6 is 0 Å². The lowest BCUT2D eigenvalue weighted by Crippen LogP contribution is -2.21. The fraction of sp³-hybridized carbons (Fsp3) is 0.0769.